The molecule has 2 atom stereocenters. The van der Waals surface area contributed by atoms with Gasteiger partial charge in [0.25, 0.3) is 0 Å². The summed E-state index contributed by atoms with van der Waals surface area (Å²) in [5.41, 5.74) is 0. The number of hydrogen-bond donors (Lipinski definition) is 1. The van der Waals surface area contributed by atoms with Gasteiger partial charge in [0.15, 0.2) is 0 Å². The van der Waals surface area contributed by atoms with Gasteiger partial charge in [-0.15, -0.1) is 0 Å². The number of benzene rings is 1. The van der Waals surface area contributed by atoms with Crippen molar-refractivity contribution in [2.45, 2.75) is 26.1 Å². The fraction of sp³-hybridized carbons (Fsp3) is 0.400. The van der Waals surface area contributed by atoms with Crippen LogP contribution in [0.2, 0.25) is 0 Å². The molecule has 0 aliphatic carbocycles. The summed E-state index contributed by atoms with van der Waals surface area (Å²) in [7, 11) is 0. The van der Waals surface area contributed by atoms with E-state index in [9.17, 15) is 5.11 Å². The van der Waals surface area contributed by atoms with E-state index in [0.717, 1.165) is 14.7 Å². The molecular weight excluding hydrogens is 312 g/mol. The molecule has 78 valence electrons. The monoisotopic (exact) mass is 322 g/mol. The zero-order chi connectivity index (χ0) is 10.7. The number of hydrogen-bond acceptors (Lipinski definition) is 2. The maximum absolute atomic E-state index is 9.31. The van der Waals surface area contributed by atoms with E-state index in [4.69, 9.17) is 4.74 Å². The summed E-state index contributed by atoms with van der Waals surface area (Å²) in [6, 6.07) is 5.71. The first kappa shape index (κ1) is 12.0. The lowest BCUT2D eigenvalue weighted by Crippen LogP contribution is -2.25. The van der Waals surface area contributed by atoms with Gasteiger partial charge in [0, 0.05) is 0 Å². The maximum atomic E-state index is 9.31. The van der Waals surface area contributed by atoms with Crippen molar-refractivity contribution in [1.29, 1.82) is 0 Å². The number of aliphatic hydroxyl groups excluding tert-OH is 1. The number of aliphatic hydroxyl groups is 1. The van der Waals surface area contributed by atoms with Gasteiger partial charge in [0.2, 0.25) is 0 Å². The largest absolute Gasteiger partial charge is 0.486 e. The summed E-state index contributed by atoms with van der Waals surface area (Å²) >= 11 is 6.78. The molecule has 0 heterocycles. The van der Waals surface area contributed by atoms with Crippen molar-refractivity contribution in [3.05, 3.63) is 27.1 Å². The summed E-state index contributed by atoms with van der Waals surface area (Å²) in [6.45, 7) is 3.53. The molecule has 0 aromatic heterocycles. The molecule has 1 rings (SSSR count). The van der Waals surface area contributed by atoms with E-state index < -0.39 is 6.10 Å². The average molecular weight is 324 g/mol. The zero-order valence-corrected chi connectivity index (χ0v) is 11.2. The van der Waals surface area contributed by atoms with Crippen molar-refractivity contribution in [3.63, 3.8) is 0 Å². The number of ether oxygens (including phenoxy) is 1. The Morgan fingerprint density at radius 2 is 1.71 bits per heavy atom. The van der Waals surface area contributed by atoms with Gasteiger partial charge in [-0.2, -0.15) is 0 Å². The summed E-state index contributed by atoms with van der Waals surface area (Å²) in [5.74, 6) is 0.723. The lowest BCUT2D eigenvalue weighted by atomic mass is 10.2. The van der Waals surface area contributed by atoms with Gasteiger partial charge in [-0.25, -0.2) is 0 Å². The molecule has 0 aliphatic heterocycles. The molecular formula is C10H12Br2O2. The molecule has 1 aromatic rings. The summed E-state index contributed by atoms with van der Waals surface area (Å²) in [5, 5.41) is 9.31. The smallest absolute Gasteiger partial charge is 0.148 e. The van der Waals surface area contributed by atoms with E-state index >= 15 is 0 Å². The Hall–Kier alpha value is -0.0600. The van der Waals surface area contributed by atoms with E-state index in [1.165, 1.54) is 0 Å². The summed E-state index contributed by atoms with van der Waals surface area (Å²) < 4.78 is 7.34. The van der Waals surface area contributed by atoms with Crippen LogP contribution in [0.15, 0.2) is 27.1 Å². The van der Waals surface area contributed by atoms with Crippen molar-refractivity contribution in [2.75, 3.05) is 0 Å². The predicted molar refractivity (Wildman–Crippen MR) is 63.6 cm³/mol. The quantitative estimate of drug-likeness (QED) is 0.924. The number of rotatable bonds is 3. The molecule has 0 radical (unpaired) electrons. The molecule has 2 nitrogen and oxygen atoms in total. The van der Waals surface area contributed by atoms with Gasteiger partial charge in [-0.05, 0) is 57.8 Å². The Balaban J connectivity index is 2.85. The van der Waals surface area contributed by atoms with E-state index in [2.05, 4.69) is 31.9 Å². The molecule has 0 bridgehead atoms. The van der Waals surface area contributed by atoms with E-state index in [1.807, 2.05) is 25.1 Å². The van der Waals surface area contributed by atoms with Crippen LogP contribution in [0.25, 0.3) is 0 Å². The normalized spacial score (nSPS) is 14.9. The van der Waals surface area contributed by atoms with Crippen molar-refractivity contribution < 1.29 is 9.84 Å². The standard InChI is InChI=1S/C10H12Br2O2/c1-6(13)7(2)14-10-8(11)4-3-5-9(10)12/h3-7,13H,1-2H3. The predicted octanol–water partition coefficient (Wildman–Crippen LogP) is 3.36. The van der Waals surface area contributed by atoms with Crippen LogP contribution in [-0.4, -0.2) is 17.3 Å². The van der Waals surface area contributed by atoms with Crippen molar-refractivity contribution >= 4 is 31.9 Å². The van der Waals surface area contributed by atoms with Crippen molar-refractivity contribution in [3.8, 4) is 5.75 Å². The molecule has 0 spiro atoms. The topological polar surface area (TPSA) is 29.5 Å². The lowest BCUT2D eigenvalue weighted by molar-refractivity contribution is 0.0595. The fourth-order valence-corrected chi connectivity index (χ4v) is 2.06. The third-order valence-electron chi connectivity index (χ3n) is 1.90. The Morgan fingerprint density at radius 1 is 1.21 bits per heavy atom. The second-order valence-electron chi connectivity index (χ2n) is 3.11. The molecule has 0 amide bonds. The van der Waals surface area contributed by atoms with Gasteiger partial charge in [0.05, 0.1) is 15.0 Å². The van der Waals surface area contributed by atoms with Crippen LogP contribution in [0.4, 0.5) is 0 Å². The average Bonchev–Trinajstić information content (AvgIpc) is 2.11. The highest BCUT2D eigenvalue weighted by Crippen LogP contribution is 2.33. The third kappa shape index (κ3) is 2.97. The summed E-state index contributed by atoms with van der Waals surface area (Å²) in [4.78, 5) is 0. The molecule has 1 aromatic carbocycles. The molecule has 4 heteroatoms. The molecule has 0 saturated heterocycles. The van der Waals surface area contributed by atoms with Crippen LogP contribution in [0, 0.1) is 0 Å². The second-order valence-corrected chi connectivity index (χ2v) is 4.82. The van der Waals surface area contributed by atoms with Crippen molar-refractivity contribution in [1.82, 2.24) is 0 Å². The highest BCUT2D eigenvalue weighted by atomic mass is 79.9. The highest BCUT2D eigenvalue weighted by molar-refractivity contribution is 9.11. The van der Waals surface area contributed by atoms with Gasteiger partial charge in [-0.1, -0.05) is 6.07 Å². The zero-order valence-electron chi connectivity index (χ0n) is 8.00. The Labute approximate surface area is 101 Å². The summed E-state index contributed by atoms with van der Waals surface area (Å²) in [6.07, 6.45) is -0.723. The van der Waals surface area contributed by atoms with Crippen LogP contribution < -0.4 is 4.74 Å². The molecule has 0 fully saturated rings. The van der Waals surface area contributed by atoms with Gasteiger partial charge < -0.3 is 9.84 Å². The first-order chi connectivity index (χ1) is 6.52. The first-order valence-electron chi connectivity index (χ1n) is 4.31. The number of halogens is 2. The van der Waals surface area contributed by atoms with Gasteiger partial charge in [0.1, 0.15) is 11.9 Å². The lowest BCUT2D eigenvalue weighted by Gasteiger charge is -2.19. The second kappa shape index (κ2) is 5.14. The molecule has 1 N–H and O–H groups in total. The van der Waals surface area contributed by atoms with Crippen LogP contribution >= 0.6 is 31.9 Å². The molecule has 0 aliphatic rings. The minimum absolute atomic E-state index is 0.231. The van der Waals surface area contributed by atoms with E-state index in [1.54, 1.807) is 6.92 Å². The van der Waals surface area contributed by atoms with Gasteiger partial charge >= 0.3 is 0 Å². The van der Waals surface area contributed by atoms with Crippen LogP contribution in [0.5, 0.6) is 5.75 Å². The molecule has 2 unspecified atom stereocenters. The van der Waals surface area contributed by atoms with E-state index in [-0.39, 0.29) is 6.10 Å². The maximum Gasteiger partial charge on any atom is 0.148 e. The Morgan fingerprint density at radius 3 is 2.14 bits per heavy atom. The highest BCUT2D eigenvalue weighted by Gasteiger charge is 2.14. The minimum atomic E-state index is -0.492. The fourth-order valence-electron chi connectivity index (χ4n) is 0.879. The van der Waals surface area contributed by atoms with Crippen molar-refractivity contribution in [2.24, 2.45) is 0 Å². The Kier molecular flexibility index (Phi) is 4.41. The third-order valence-corrected chi connectivity index (χ3v) is 3.15. The molecule has 0 saturated carbocycles. The minimum Gasteiger partial charge on any atom is -0.486 e. The van der Waals surface area contributed by atoms with Crippen LogP contribution in [0.3, 0.4) is 0 Å². The number of para-hydroxylation sites is 1. The SMILES string of the molecule is CC(O)C(C)Oc1c(Br)cccc1Br. The van der Waals surface area contributed by atoms with Crippen LogP contribution in [0.1, 0.15) is 13.8 Å². The first-order valence-corrected chi connectivity index (χ1v) is 5.89. The van der Waals surface area contributed by atoms with Crippen LogP contribution in [-0.2, 0) is 0 Å². The Bertz CT molecular complexity index is 293. The van der Waals surface area contributed by atoms with E-state index in [0.29, 0.717) is 0 Å². The molecule has 14 heavy (non-hydrogen) atoms. The van der Waals surface area contributed by atoms with Gasteiger partial charge in [-0.3, -0.25) is 0 Å².